The van der Waals surface area contributed by atoms with E-state index in [9.17, 15) is 0 Å². The molecule has 0 bridgehead atoms. The maximum Gasteiger partial charge on any atom is 0.232 e. The topological polar surface area (TPSA) is 59.6 Å². The molecule has 2 aliphatic heterocycles. The van der Waals surface area contributed by atoms with Gasteiger partial charge in [-0.05, 0) is 67.7 Å². The van der Waals surface area contributed by atoms with Crippen molar-refractivity contribution in [2.75, 3.05) is 65.8 Å². The van der Waals surface area contributed by atoms with Gasteiger partial charge < -0.3 is 25.3 Å². The maximum absolute atomic E-state index is 6.19. The van der Waals surface area contributed by atoms with E-state index in [0.717, 1.165) is 75.3 Å². The van der Waals surface area contributed by atoms with E-state index in [1.54, 1.807) is 0 Å². The summed E-state index contributed by atoms with van der Waals surface area (Å²) in [5, 5.41) is 8.24. The smallest absolute Gasteiger partial charge is 0.232 e. The van der Waals surface area contributed by atoms with Crippen molar-refractivity contribution < 1.29 is 0 Å². The lowest BCUT2D eigenvalue weighted by molar-refractivity contribution is 0.435. The zero-order chi connectivity index (χ0) is 28.8. The van der Waals surface area contributed by atoms with Crippen molar-refractivity contribution >= 4 is 52.2 Å². The number of benzene rings is 2. The van der Waals surface area contributed by atoms with Crippen LogP contribution in [-0.4, -0.2) is 60.9 Å². The van der Waals surface area contributed by atoms with Crippen LogP contribution in [0.25, 0.3) is 0 Å². The third-order valence-corrected chi connectivity index (χ3v) is 9.68. The Morgan fingerprint density at radius 3 is 1.98 bits per heavy atom. The van der Waals surface area contributed by atoms with Crippen LogP contribution in [0.15, 0.2) is 60.7 Å². The van der Waals surface area contributed by atoms with E-state index < -0.39 is 0 Å². The van der Waals surface area contributed by atoms with Crippen LogP contribution in [0.3, 0.4) is 0 Å². The molecular formula is C33H42ClN7S. The van der Waals surface area contributed by atoms with Crippen LogP contribution in [0.1, 0.15) is 56.9 Å². The fraction of sp³-hybridized carbons (Fsp3) is 0.485. The number of hydrogen-bond acceptors (Lipinski definition) is 6. The number of nitrogens with one attached hydrogen (secondary N) is 2. The van der Waals surface area contributed by atoms with E-state index in [1.165, 1.54) is 49.8 Å². The molecule has 42 heavy (non-hydrogen) atoms. The molecule has 1 saturated carbocycles. The zero-order valence-electron chi connectivity index (χ0n) is 24.4. The number of hydrogen-bond donors (Lipinski definition) is 2. The lowest BCUT2D eigenvalue weighted by Gasteiger charge is -2.37. The highest BCUT2D eigenvalue weighted by Gasteiger charge is 2.35. The van der Waals surface area contributed by atoms with Gasteiger partial charge in [-0.25, -0.2) is 0 Å². The fourth-order valence-corrected chi connectivity index (χ4v) is 7.04. The molecule has 9 heteroatoms. The van der Waals surface area contributed by atoms with Gasteiger partial charge in [0.15, 0.2) is 5.11 Å². The summed E-state index contributed by atoms with van der Waals surface area (Å²) < 4.78 is 0. The van der Waals surface area contributed by atoms with Gasteiger partial charge in [-0.15, -0.1) is 0 Å². The van der Waals surface area contributed by atoms with Gasteiger partial charge in [-0.2, -0.15) is 9.97 Å². The van der Waals surface area contributed by atoms with Crippen molar-refractivity contribution in [2.24, 2.45) is 0 Å². The quantitative estimate of drug-likeness (QED) is 0.292. The predicted molar refractivity (Wildman–Crippen MR) is 179 cm³/mol. The summed E-state index contributed by atoms with van der Waals surface area (Å²) in [5.41, 5.74) is 2.67. The summed E-state index contributed by atoms with van der Waals surface area (Å²) in [7, 11) is 0. The van der Waals surface area contributed by atoms with Gasteiger partial charge in [-0.1, -0.05) is 67.6 Å². The van der Waals surface area contributed by atoms with E-state index in [1.807, 2.05) is 12.1 Å². The number of thiocarbonyl (C=S) groups is 1. The summed E-state index contributed by atoms with van der Waals surface area (Å²) in [4.78, 5) is 17.2. The first-order chi connectivity index (χ1) is 20.6. The molecule has 1 aliphatic carbocycles. The fourth-order valence-electron chi connectivity index (χ4n) is 6.75. The highest BCUT2D eigenvalue weighted by Crippen LogP contribution is 2.41. The van der Waals surface area contributed by atoms with E-state index in [2.05, 4.69) is 73.9 Å². The molecule has 2 aromatic carbocycles. The third-order valence-electron chi connectivity index (χ3n) is 9.18. The largest absolute Gasteiger partial charge is 0.368 e. The summed E-state index contributed by atoms with van der Waals surface area (Å²) in [6.45, 7) is 6.59. The first-order valence-electron chi connectivity index (χ1n) is 15.6. The molecule has 1 aromatic heterocycles. The molecular weight excluding hydrogens is 562 g/mol. The number of anilines is 4. The first kappa shape index (κ1) is 29.0. The number of nitrogens with zero attached hydrogens (tertiary/aromatic N) is 5. The Balaban J connectivity index is 1.17. The highest BCUT2D eigenvalue weighted by molar-refractivity contribution is 7.80. The molecule has 7 nitrogen and oxygen atoms in total. The lowest BCUT2D eigenvalue weighted by Crippen LogP contribution is -2.47. The second kappa shape index (κ2) is 13.5. The molecule has 222 valence electrons. The molecule has 0 atom stereocenters. The minimum Gasteiger partial charge on any atom is -0.368 e. The van der Waals surface area contributed by atoms with Crippen molar-refractivity contribution in [3.05, 3.63) is 71.2 Å². The second-order valence-electron chi connectivity index (χ2n) is 11.9. The average molecular weight is 604 g/mol. The Morgan fingerprint density at radius 2 is 1.33 bits per heavy atom. The van der Waals surface area contributed by atoms with Crippen LogP contribution in [0.2, 0.25) is 5.02 Å². The molecule has 0 radical (unpaired) electrons. The van der Waals surface area contributed by atoms with Crippen LogP contribution >= 0.6 is 23.8 Å². The normalized spacial score (nSPS) is 18.9. The molecule has 2 N–H and O–H groups in total. The minimum absolute atomic E-state index is 0.0642. The Kier molecular flexibility index (Phi) is 9.30. The van der Waals surface area contributed by atoms with Gasteiger partial charge in [0.1, 0.15) is 11.6 Å². The molecule has 0 spiro atoms. The van der Waals surface area contributed by atoms with Gasteiger partial charge in [0.2, 0.25) is 5.95 Å². The molecule has 3 aliphatic rings. The van der Waals surface area contributed by atoms with Gasteiger partial charge in [0.25, 0.3) is 0 Å². The van der Waals surface area contributed by atoms with Crippen LogP contribution in [0.5, 0.6) is 0 Å². The maximum atomic E-state index is 6.19. The van der Waals surface area contributed by atoms with E-state index >= 15 is 0 Å². The van der Waals surface area contributed by atoms with Crippen LogP contribution in [-0.2, 0) is 5.41 Å². The molecule has 6 rings (SSSR count). The lowest BCUT2D eigenvalue weighted by atomic mass is 9.79. The third kappa shape index (κ3) is 6.92. The predicted octanol–water partition coefficient (Wildman–Crippen LogP) is 6.64. The Bertz CT molecular complexity index is 1310. The van der Waals surface area contributed by atoms with Crippen LogP contribution in [0, 0.1) is 0 Å². The Labute approximate surface area is 260 Å². The average Bonchev–Trinajstić information content (AvgIpc) is 3.35. The minimum atomic E-state index is 0.0642. The number of piperazine rings is 1. The number of halogens is 1. The summed E-state index contributed by atoms with van der Waals surface area (Å²) in [6, 6.07) is 21.2. The zero-order valence-corrected chi connectivity index (χ0v) is 26.0. The summed E-state index contributed by atoms with van der Waals surface area (Å²) >= 11 is 12.0. The highest BCUT2D eigenvalue weighted by atomic mass is 35.5. The Morgan fingerprint density at radius 1 is 0.738 bits per heavy atom. The number of rotatable bonds is 7. The standard InChI is InChI=1S/C33H42ClN7S/c34-27-14-12-26(13-15-27)33(16-6-7-17-33)25-35-32(42)38-31-36-29(40-18-8-1-2-9-19-40)24-30(37-31)41-22-20-39(21-23-41)28-10-4-3-5-11-28/h3-5,10-15,24H,1-2,6-9,16-23,25H2,(H2,35,36,37,38,42). The summed E-state index contributed by atoms with van der Waals surface area (Å²) in [5.74, 6) is 2.53. The van der Waals surface area contributed by atoms with Gasteiger partial charge in [-0.3, -0.25) is 0 Å². The van der Waals surface area contributed by atoms with Crippen molar-refractivity contribution in [3.8, 4) is 0 Å². The van der Waals surface area contributed by atoms with Crippen LogP contribution < -0.4 is 25.3 Å². The van der Waals surface area contributed by atoms with Crippen LogP contribution in [0.4, 0.5) is 23.3 Å². The van der Waals surface area contributed by atoms with E-state index in [0.29, 0.717) is 11.1 Å². The van der Waals surface area contributed by atoms with Gasteiger partial charge >= 0.3 is 0 Å². The number of aromatic nitrogens is 2. The monoisotopic (exact) mass is 603 g/mol. The number of para-hydroxylation sites is 1. The van der Waals surface area contributed by atoms with E-state index in [-0.39, 0.29) is 5.41 Å². The first-order valence-corrected chi connectivity index (χ1v) is 16.4. The van der Waals surface area contributed by atoms with Crippen molar-refractivity contribution in [2.45, 2.75) is 56.8 Å². The van der Waals surface area contributed by atoms with Gasteiger partial charge in [0.05, 0.1) is 0 Å². The molecule has 0 unspecified atom stereocenters. The van der Waals surface area contributed by atoms with Crippen molar-refractivity contribution in [3.63, 3.8) is 0 Å². The van der Waals surface area contributed by atoms with E-state index in [4.69, 9.17) is 33.8 Å². The second-order valence-corrected chi connectivity index (χ2v) is 12.8. The van der Waals surface area contributed by atoms with Crippen molar-refractivity contribution in [1.82, 2.24) is 15.3 Å². The summed E-state index contributed by atoms with van der Waals surface area (Å²) in [6.07, 6.45) is 9.71. The van der Waals surface area contributed by atoms with Gasteiger partial charge in [0, 0.05) is 68.0 Å². The molecule has 3 fully saturated rings. The Hall–Kier alpha value is -3.10. The molecule has 3 heterocycles. The molecule has 3 aromatic rings. The molecule has 0 amide bonds. The van der Waals surface area contributed by atoms with Crippen molar-refractivity contribution in [1.29, 1.82) is 0 Å². The SMILES string of the molecule is S=C(NCC1(c2ccc(Cl)cc2)CCCC1)Nc1nc(N2CCCCCC2)cc(N2CCN(c3ccccc3)CC2)n1. The molecule has 2 saturated heterocycles.